The second kappa shape index (κ2) is 6.60. The van der Waals surface area contributed by atoms with Gasteiger partial charge in [0, 0.05) is 18.3 Å². The summed E-state index contributed by atoms with van der Waals surface area (Å²) in [6.07, 6.45) is 7.27. The van der Waals surface area contributed by atoms with Gasteiger partial charge in [0.15, 0.2) is 0 Å². The SMILES string of the molecule is COC(=O)C(C)(CCn1cnc2c1CCCC2)NC(C)C. The molecule has 2 rings (SSSR count). The fourth-order valence-corrected chi connectivity index (χ4v) is 3.16. The van der Waals surface area contributed by atoms with Crippen molar-refractivity contribution in [3.8, 4) is 0 Å². The van der Waals surface area contributed by atoms with Crippen LogP contribution in [0.25, 0.3) is 0 Å². The fraction of sp³-hybridized carbons (Fsp3) is 0.750. The summed E-state index contributed by atoms with van der Waals surface area (Å²) in [7, 11) is 1.45. The number of methoxy groups -OCH3 is 1. The highest BCUT2D eigenvalue weighted by Gasteiger charge is 2.34. The molecule has 0 aromatic carbocycles. The molecule has 0 aliphatic heterocycles. The number of nitrogens with zero attached hydrogens (tertiary/aromatic N) is 2. The van der Waals surface area contributed by atoms with Crippen LogP contribution in [0.2, 0.25) is 0 Å². The van der Waals surface area contributed by atoms with Crippen LogP contribution in [-0.2, 0) is 28.9 Å². The first-order chi connectivity index (χ1) is 9.96. The molecule has 0 fully saturated rings. The number of imidazole rings is 1. The third-order valence-electron chi connectivity index (χ3n) is 4.21. The van der Waals surface area contributed by atoms with E-state index in [1.165, 1.54) is 31.3 Å². The molecule has 21 heavy (non-hydrogen) atoms. The summed E-state index contributed by atoms with van der Waals surface area (Å²) >= 11 is 0. The van der Waals surface area contributed by atoms with Gasteiger partial charge in [0.25, 0.3) is 0 Å². The molecule has 1 N–H and O–H groups in total. The van der Waals surface area contributed by atoms with Crippen LogP contribution in [0.3, 0.4) is 0 Å². The normalized spacial score (nSPS) is 17.4. The van der Waals surface area contributed by atoms with E-state index < -0.39 is 5.54 Å². The van der Waals surface area contributed by atoms with E-state index in [1.54, 1.807) is 0 Å². The Kier molecular flexibility index (Phi) is 5.04. The van der Waals surface area contributed by atoms with Crippen LogP contribution in [0.15, 0.2) is 6.33 Å². The minimum Gasteiger partial charge on any atom is -0.468 e. The maximum atomic E-state index is 12.1. The van der Waals surface area contributed by atoms with Crippen molar-refractivity contribution in [2.45, 2.75) is 71.0 Å². The van der Waals surface area contributed by atoms with Crippen molar-refractivity contribution in [2.24, 2.45) is 0 Å². The van der Waals surface area contributed by atoms with E-state index in [0.717, 1.165) is 19.4 Å². The summed E-state index contributed by atoms with van der Waals surface area (Å²) in [4.78, 5) is 16.6. The minimum absolute atomic E-state index is 0.204. The number of nitrogens with one attached hydrogen (secondary N) is 1. The topological polar surface area (TPSA) is 56.2 Å². The molecular formula is C16H27N3O2. The lowest BCUT2D eigenvalue weighted by atomic mass is 9.96. The average molecular weight is 293 g/mol. The Morgan fingerprint density at radius 1 is 1.48 bits per heavy atom. The molecule has 1 aliphatic rings. The highest BCUT2D eigenvalue weighted by Crippen LogP contribution is 2.22. The lowest BCUT2D eigenvalue weighted by Gasteiger charge is -2.30. The van der Waals surface area contributed by atoms with Crippen molar-refractivity contribution < 1.29 is 9.53 Å². The molecule has 1 aromatic rings. The number of rotatable bonds is 6. The van der Waals surface area contributed by atoms with E-state index in [2.05, 4.69) is 14.9 Å². The molecule has 118 valence electrons. The zero-order valence-electron chi connectivity index (χ0n) is 13.6. The number of esters is 1. The van der Waals surface area contributed by atoms with Gasteiger partial charge in [-0.25, -0.2) is 4.98 Å². The Bertz CT molecular complexity index is 496. The van der Waals surface area contributed by atoms with Crippen LogP contribution in [0.1, 0.15) is 51.4 Å². The summed E-state index contributed by atoms with van der Waals surface area (Å²) in [6.45, 7) is 6.79. The van der Waals surface area contributed by atoms with E-state index >= 15 is 0 Å². The van der Waals surface area contributed by atoms with Gasteiger partial charge < -0.3 is 9.30 Å². The number of carbonyl (C=O) groups excluding carboxylic acids is 1. The Morgan fingerprint density at radius 3 is 2.86 bits per heavy atom. The van der Waals surface area contributed by atoms with E-state index in [1.807, 2.05) is 27.1 Å². The number of fused-ring (bicyclic) bond motifs is 1. The van der Waals surface area contributed by atoms with Gasteiger partial charge in [-0.05, 0) is 52.9 Å². The molecule has 5 heteroatoms. The van der Waals surface area contributed by atoms with Crippen LogP contribution in [0, 0.1) is 0 Å². The third kappa shape index (κ3) is 3.64. The second-order valence-electron chi connectivity index (χ2n) is 6.41. The van der Waals surface area contributed by atoms with Gasteiger partial charge in [0.05, 0.1) is 19.1 Å². The van der Waals surface area contributed by atoms with E-state index in [4.69, 9.17) is 4.74 Å². The van der Waals surface area contributed by atoms with Crippen LogP contribution in [-0.4, -0.2) is 34.2 Å². The van der Waals surface area contributed by atoms with Gasteiger partial charge in [-0.3, -0.25) is 10.1 Å². The monoisotopic (exact) mass is 293 g/mol. The zero-order valence-corrected chi connectivity index (χ0v) is 13.6. The van der Waals surface area contributed by atoms with Crippen molar-refractivity contribution >= 4 is 5.97 Å². The van der Waals surface area contributed by atoms with Crippen LogP contribution >= 0.6 is 0 Å². The standard InChI is InChI=1S/C16H27N3O2/c1-12(2)18-16(3,15(20)21-4)9-10-19-11-17-13-7-5-6-8-14(13)19/h11-12,18H,5-10H2,1-4H3. The van der Waals surface area contributed by atoms with Crippen LogP contribution in [0.4, 0.5) is 0 Å². The molecule has 0 bridgehead atoms. The van der Waals surface area contributed by atoms with Crippen LogP contribution in [0.5, 0.6) is 0 Å². The first-order valence-electron chi connectivity index (χ1n) is 7.85. The lowest BCUT2D eigenvalue weighted by molar-refractivity contribution is -0.148. The number of hydrogen-bond acceptors (Lipinski definition) is 4. The van der Waals surface area contributed by atoms with Crippen LogP contribution < -0.4 is 5.32 Å². The smallest absolute Gasteiger partial charge is 0.325 e. The first-order valence-corrected chi connectivity index (χ1v) is 7.85. The highest BCUT2D eigenvalue weighted by atomic mass is 16.5. The van der Waals surface area contributed by atoms with Crippen molar-refractivity contribution in [3.63, 3.8) is 0 Å². The third-order valence-corrected chi connectivity index (χ3v) is 4.21. The molecule has 1 aliphatic carbocycles. The van der Waals surface area contributed by atoms with Gasteiger partial charge in [-0.1, -0.05) is 0 Å². The fourth-order valence-electron chi connectivity index (χ4n) is 3.16. The van der Waals surface area contributed by atoms with Crippen molar-refractivity contribution in [3.05, 3.63) is 17.7 Å². The summed E-state index contributed by atoms with van der Waals surface area (Å²) in [5.41, 5.74) is 1.92. The molecule has 0 spiro atoms. The van der Waals surface area contributed by atoms with Gasteiger partial charge in [-0.15, -0.1) is 0 Å². The van der Waals surface area contributed by atoms with Crippen molar-refractivity contribution in [1.29, 1.82) is 0 Å². The summed E-state index contributed by atoms with van der Waals surface area (Å²) < 4.78 is 7.18. The minimum atomic E-state index is -0.658. The molecule has 5 nitrogen and oxygen atoms in total. The number of carbonyl (C=O) groups is 1. The molecule has 0 saturated carbocycles. The average Bonchev–Trinajstić information content (AvgIpc) is 2.87. The number of hydrogen-bond donors (Lipinski definition) is 1. The predicted molar refractivity (Wildman–Crippen MR) is 82.2 cm³/mol. The number of aryl methyl sites for hydroxylation is 2. The Labute approximate surface area is 127 Å². The number of aromatic nitrogens is 2. The van der Waals surface area contributed by atoms with E-state index in [0.29, 0.717) is 6.42 Å². The molecule has 1 aromatic heterocycles. The largest absolute Gasteiger partial charge is 0.468 e. The molecule has 0 radical (unpaired) electrons. The first kappa shape index (κ1) is 16.0. The lowest BCUT2D eigenvalue weighted by Crippen LogP contribution is -2.53. The summed E-state index contributed by atoms with van der Waals surface area (Å²) in [5, 5.41) is 3.34. The van der Waals surface area contributed by atoms with Crippen molar-refractivity contribution in [2.75, 3.05) is 7.11 Å². The van der Waals surface area contributed by atoms with Gasteiger partial charge in [-0.2, -0.15) is 0 Å². The van der Waals surface area contributed by atoms with Gasteiger partial charge in [0.1, 0.15) is 5.54 Å². The molecule has 1 heterocycles. The molecule has 1 atom stereocenters. The predicted octanol–water partition coefficient (Wildman–Crippen LogP) is 2.08. The Morgan fingerprint density at radius 2 is 2.19 bits per heavy atom. The van der Waals surface area contributed by atoms with Gasteiger partial charge in [0.2, 0.25) is 0 Å². The molecule has 1 unspecified atom stereocenters. The Balaban J connectivity index is 2.08. The maximum absolute atomic E-state index is 12.1. The second-order valence-corrected chi connectivity index (χ2v) is 6.41. The molecule has 0 amide bonds. The van der Waals surface area contributed by atoms with E-state index in [9.17, 15) is 4.79 Å². The molecule has 0 saturated heterocycles. The summed E-state index contributed by atoms with van der Waals surface area (Å²) in [6, 6.07) is 0.228. The highest BCUT2D eigenvalue weighted by molar-refractivity contribution is 5.80. The summed E-state index contributed by atoms with van der Waals surface area (Å²) in [5.74, 6) is -0.204. The quantitative estimate of drug-likeness (QED) is 0.816. The number of ether oxygens (including phenoxy) is 1. The Hall–Kier alpha value is -1.36. The van der Waals surface area contributed by atoms with E-state index in [-0.39, 0.29) is 12.0 Å². The maximum Gasteiger partial charge on any atom is 0.325 e. The zero-order chi connectivity index (χ0) is 15.5. The molecular weight excluding hydrogens is 266 g/mol. The van der Waals surface area contributed by atoms with Gasteiger partial charge >= 0.3 is 5.97 Å². The van der Waals surface area contributed by atoms with Crippen molar-refractivity contribution in [1.82, 2.24) is 14.9 Å².